The minimum atomic E-state index is -1.03. The Labute approximate surface area is 146 Å². The van der Waals surface area contributed by atoms with Gasteiger partial charge in [0, 0.05) is 6.08 Å². The molecule has 24 heavy (non-hydrogen) atoms. The second kappa shape index (κ2) is 17.8. The molecule has 2 N–H and O–H groups in total. The van der Waals surface area contributed by atoms with E-state index in [4.69, 9.17) is 10.4 Å². The van der Waals surface area contributed by atoms with Crippen molar-refractivity contribution in [2.24, 2.45) is 0 Å². The molecule has 0 aromatic heterocycles. The molecule has 0 rings (SSSR count). The molecule has 138 valence electrons. The molecule has 0 aromatic rings. The first-order chi connectivity index (χ1) is 11.7. The van der Waals surface area contributed by atoms with Gasteiger partial charge in [0.25, 0.3) is 0 Å². The van der Waals surface area contributed by atoms with Gasteiger partial charge in [-0.3, -0.25) is 0 Å². The summed E-state index contributed by atoms with van der Waals surface area (Å²) in [5.41, 5.74) is 0. The van der Waals surface area contributed by atoms with Crippen LogP contribution in [-0.4, -0.2) is 16.3 Å². The predicted molar refractivity (Wildman–Crippen MR) is 98.8 cm³/mol. The topological polar surface area (TPSA) is 66.8 Å². The van der Waals surface area contributed by atoms with Crippen molar-refractivity contribution in [3.05, 3.63) is 36.1 Å². The smallest absolute Gasteiger partial charge is 0.328 e. The van der Waals surface area contributed by atoms with E-state index in [0.29, 0.717) is 0 Å². The summed E-state index contributed by atoms with van der Waals surface area (Å²) in [7, 11) is 0. The van der Waals surface area contributed by atoms with Crippen molar-refractivity contribution in [1.29, 1.82) is 0 Å². The maximum Gasteiger partial charge on any atom is 0.328 e. The van der Waals surface area contributed by atoms with Crippen LogP contribution in [0, 0.1) is 0 Å². The van der Waals surface area contributed by atoms with Crippen molar-refractivity contribution in [3.63, 3.8) is 0 Å². The summed E-state index contributed by atoms with van der Waals surface area (Å²) in [5.74, 6) is -0.802. The number of unbranched alkanes of at least 4 members (excludes halogenated alkanes) is 11. The minimum Gasteiger partial charge on any atom is -0.478 e. The number of hydrogen-bond acceptors (Lipinski definition) is 3. The minimum absolute atomic E-state index is 0.232. The number of allylic oxidation sites excluding steroid dienone is 4. The highest BCUT2D eigenvalue weighted by Gasteiger charge is 1.93. The standard InChI is InChI=1S/C20H34O4/c1-2-3-4-5-6-7-8-9-10-11-12-13-14-16-19(24-23)17-15-18-20(21)22/h14-18,23H,2-13H2,1H3,(H,21,22). The average Bonchev–Trinajstić information content (AvgIpc) is 2.57. The van der Waals surface area contributed by atoms with Crippen LogP contribution in [0.5, 0.6) is 0 Å². The molecule has 4 nitrogen and oxygen atoms in total. The first-order valence-electron chi connectivity index (χ1n) is 9.30. The van der Waals surface area contributed by atoms with Crippen molar-refractivity contribution in [2.45, 2.75) is 84.0 Å². The van der Waals surface area contributed by atoms with Gasteiger partial charge in [-0.05, 0) is 25.0 Å². The van der Waals surface area contributed by atoms with Gasteiger partial charge in [-0.25, -0.2) is 10.1 Å². The molecular weight excluding hydrogens is 304 g/mol. The highest BCUT2D eigenvalue weighted by atomic mass is 17.1. The van der Waals surface area contributed by atoms with E-state index in [9.17, 15) is 4.79 Å². The molecule has 0 aliphatic heterocycles. The quantitative estimate of drug-likeness (QED) is 0.0870. The lowest BCUT2D eigenvalue weighted by atomic mass is 10.1. The molecule has 0 saturated carbocycles. The molecule has 0 saturated heterocycles. The SMILES string of the molecule is CCCCCCCCCCCCCC=CC(=CC=CC(=O)O)OO. The van der Waals surface area contributed by atoms with Crippen molar-refractivity contribution in [1.82, 2.24) is 0 Å². The van der Waals surface area contributed by atoms with E-state index in [1.807, 2.05) is 6.08 Å². The van der Waals surface area contributed by atoms with Gasteiger partial charge in [0.2, 0.25) is 0 Å². The number of carboxylic acid groups (broad SMARTS) is 1. The largest absolute Gasteiger partial charge is 0.478 e. The maximum absolute atomic E-state index is 10.3. The lowest BCUT2D eigenvalue weighted by Crippen LogP contribution is -1.86. The summed E-state index contributed by atoms with van der Waals surface area (Å²) in [6.45, 7) is 2.25. The van der Waals surface area contributed by atoms with E-state index < -0.39 is 5.97 Å². The predicted octanol–water partition coefficient (Wildman–Crippen LogP) is 6.26. The van der Waals surface area contributed by atoms with Gasteiger partial charge >= 0.3 is 5.97 Å². The average molecular weight is 338 g/mol. The molecule has 0 bridgehead atoms. The van der Waals surface area contributed by atoms with Crippen LogP contribution in [0.25, 0.3) is 0 Å². The lowest BCUT2D eigenvalue weighted by Gasteiger charge is -2.01. The molecule has 0 aromatic carbocycles. The Balaban J connectivity index is 3.52. The zero-order valence-electron chi connectivity index (χ0n) is 15.1. The molecule has 0 spiro atoms. The molecule has 0 aliphatic carbocycles. The van der Waals surface area contributed by atoms with Crippen LogP contribution in [-0.2, 0) is 9.68 Å². The van der Waals surface area contributed by atoms with Crippen molar-refractivity contribution < 1.29 is 20.0 Å². The van der Waals surface area contributed by atoms with Crippen molar-refractivity contribution >= 4 is 5.97 Å². The van der Waals surface area contributed by atoms with Crippen LogP contribution in [0.1, 0.15) is 84.0 Å². The van der Waals surface area contributed by atoms with Crippen molar-refractivity contribution in [3.8, 4) is 0 Å². The van der Waals surface area contributed by atoms with E-state index in [1.54, 1.807) is 6.08 Å². The summed E-state index contributed by atoms with van der Waals surface area (Å²) in [6, 6.07) is 0. The van der Waals surface area contributed by atoms with Gasteiger partial charge in [0.15, 0.2) is 5.76 Å². The molecule has 0 aliphatic rings. The third kappa shape index (κ3) is 16.8. The van der Waals surface area contributed by atoms with Gasteiger partial charge in [-0.1, -0.05) is 83.3 Å². The summed E-state index contributed by atoms with van der Waals surface area (Å²) >= 11 is 0. The molecule has 0 amide bonds. The molecule has 4 heteroatoms. The van der Waals surface area contributed by atoms with Gasteiger partial charge in [0.05, 0.1) is 0 Å². The van der Waals surface area contributed by atoms with Gasteiger partial charge < -0.3 is 9.99 Å². The van der Waals surface area contributed by atoms with E-state index >= 15 is 0 Å². The van der Waals surface area contributed by atoms with E-state index in [1.165, 1.54) is 76.4 Å². The summed E-state index contributed by atoms with van der Waals surface area (Å²) in [4.78, 5) is 14.5. The van der Waals surface area contributed by atoms with E-state index in [-0.39, 0.29) is 5.76 Å². The molecular formula is C20H34O4. The van der Waals surface area contributed by atoms with E-state index in [2.05, 4.69) is 11.8 Å². The second-order valence-corrected chi connectivity index (χ2v) is 6.08. The first kappa shape index (κ1) is 22.4. The molecule has 0 atom stereocenters. The van der Waals surface area contributed by atoms with Crippen molar-refractivity contribution in [2.75, 3.05) is 0 Å². The van der Waals surface area contributed by atoms with Crippen LogP contribution >= 0.6 is 0 Å². The molecule has 0 fully saturated rings. The lowest BCUT2D eigenvalue weighted by molar-refractivity contribution is -0.198. The Bertz CT molecular complexity index is 383. The Morgan fingerprint density at radius 2 is 1.42 bits per heavy atom. The Morgan fingerprint density at radius 1 is 0.875 bits per heavy atom. The number of aliphatic carboxylic acids is 1. The number of carboxylic acids is 1. The Morgan fingerprint density at radius 3 is 1.92 bits per heavy atom. The summed E-state index contributed by atoms with van der Waals surface area (Å²) in [6.07, 6.45) is 22.8. The summed E-state index contributed by atoms with van der Waals surface area (Å²) < 4.78 is 0. The van der Waals surface area contributed by atoms with Crippen LogP contribution in [0.4, 0.5) is 0 Å². The highest BCUT2D eigenvalue weighted by molar-refractivity contribution is 5.80. The fourth-order valence-corrected chi connectivity index (χ4v) is 2.47. The zero-order valence-corrected chi connectivity index (χ0v) is 15.1. The summed E-state index contributed by atoms with van der Waals surface area (Å²) in [5, 5.41) is 17.1. The second-order valence-electron chi connectivity index (χ2n) is 6.08. The van der Waals surface area contributed by atoms with Crippen LogP contribution in [0.2, 0.25) is 0 Å². The maximum atomic E-state index is 10.3. The first-order valence-corrected chi connectivity index (χ1v) is 9.30. The molecule has 0 radical (unpaired) electrons. The fraction of sp³-hybridized carbons (Fsp3) is 0.650. The van der Waals surface area contributed by atoms with Crippen LogP contribution < -0.4 is 0 Å². The third-order valence-electron chi connectivity index (χ3n) is 3.86. The van der Waals surface area contributed by atoms with Gasteiger partial charge in [0.1, 0.15) is 0 Å². The number of rotatable bonds is 16. The monoisotopic (exact) mass is 338 g/mol. The third-order valence-corrected chi connectivity index (χ3v) is 3.86. The number of carbonyl (C=O) groups is 1. The molecule has 0 heterocycles. The zero-order chi connectivity index (χ0) is 17.9. The molecule has 0 unspecified atom stereocenters. The van der Waals surface area contributed by atoms with Crippen LogP contribution in [0.15, 0.2) is 36.1 Å². The highest BCUT2D eigenvalue weighted by Crippen LogP contribution is 2.12. The van der Waals surface area contributed by atoms with Gasteiger partial charge in [-0.15, -0.1) is 0 Å². The van der Waals surface area contributed by atoms with Gasteiger partial charge in [-0.2, -0.15) is 0 Å². The fourth-order valence-electron chi connectivity index (χ4n) is 2.47. The van der Waals surface area contributed by atoms with E-state index in [0.717, 1.165) is 18.9 Å². The Hall–Kier alpha value is -1.55. The number of hydrogen-bond donors (Lipinski definition) is 2. The Kier molecular flexibility index (Phi) is 16.6. The normalized spacial score (nSPS) is 12.3. The van der Waals surface area contributed by atoms with Crippen LogP contribution in [0.3, 0.4) is 0 Å².